The molecule has 0 atom stereocenters. The van der Waals surface area contributed by atoms with Crippen molar-refractivity contribution in [3.05, 3.63) is 53.8 Å². The number of methoxy groups -OCH3 is 1. The Hall–Kier alpha value is -2.45. The third-order valence-electron chi connectivity index (χ3n) is 3.15. The predicted octanol–water partition coefficient (Wildman–Crippen LogP) is 2.38. The van der Waals surface area contributed by atoms with E-state index in [-0.39, 0.29) is 28.4 Å². The first-order chi connectivity index (χ1) is 11.4. The van der Waals surface area contributed by atoms with Gasteiger partial charge < -0.3 is 10.1 Å². The zero-order valence-electron chi connectivity index (χ0n) is 13.2. The molecule has 0 heterocycles. The summed E-state index contributed by atoms with van der Waals surface area (Å²) in [6, 6.07) is 9.31. The van der Waals surface area contributed by atoms with Gasteiger partial charge in [0.1, 0.15) is 11.6 Å². The van der Waals surface area contributed by atoms with Gasteiger partial charge in [-0.2, -0.15) is 0 Å². The largest absolute Gasteiger partial charge is 0.494 e. The van der Waals surface area contributed by atoms with Crippen LogP contribution in [0, 0.1) is 5.82 Å². The molecule has 0 saturated heterocycles. The van der Waals surface area contributed by atoms with Crippen molar-refractivity contribution in [2.24, 2.45) is 0 Å². The zero-order chi connectivity index (χ0) is 17.7. The minimum atomic E-state index is -3.66. The fraction of sp³-hybridized carbons (Fsp3) is 0.188. The highest BCUT2D eigenvalue weighted by Crippen LogP contribution is 2.25. The number of hydrogen-bond donors (Lipinski definition) is 2. The summed E-state index contributed by atoms with van der Waals surface area (Å²) in [4.78, 5) is 12.3. The molecule has 2 aromatic carbocycles. The Labute approximate surface area is 139 Å². The van der Waals surface area contributed by atoms with Gasteiger partial charge in [-0.25, -0.2) is 17.5 Å². The maximum atomic E-state index is 13.2. The fourth-order valence-electron chi connectivity index (χ4n) is 2.04. The van der Waals surface area contributed by atoms with Gasteiger partial charge in [-0.3, -0.25) is 4.79 Å². The van der Waals surface area contributed by atoms with Crippen molar-refractivity contribution in [3.8, 4) is 5.75 Å². The number of hydrogen-bond acceptors (Lipinski definition) is 4. The van der Waals surface area contributed by atoms with Crippen LogP contribution in [0.2, 0.25) is 0 Å². The normalized spacial score (nSPS) is 11.1. The lowest BCUT2D eigenvalue weighted by molar-refractivity contribution is 0.102. The second-order valence-electron chi connectivity index (χ2n) is 4.83. The summed E-state index contributed by atoms with van der Waals surface area (Å²) >= 11 is 0. The molecule has 6 nitrogen and oxygen atoms in total. The van der Waals surface area contributed by atoms with Gasteiger partial charge in [0, 0.05) is 18.2 Å². The molecule has 0 aliphatic carbocycles. The zero-order valence-corrected chi connectivity index (χ0v) is 14.0. The summed E-state index contributed by atoms with van der Waals surface area (Å²) in [6.45, 7) is 1.90. The summed E-state index contributed by atoms with van der Waals surface area (Å²) in [5, 5.41) is 2.57. The Balaban J connectivity index is 2.28. The molecule has 2 aromatic rings. The van der Waals surface area contributed by atoms with E-state index in [2.05, 4.69) is 10.0 Å². The highest BCUT2D eigenvalue weighted by molar-refractivity contribution is 7.89. The van der Waals surface area contributed by atoms with Gasteiger partial charge >= 0.3 is 0 Å². The maximum Gasteiger partial charge on any atom is 0.255 e. The van der Waals surface area contributed by atoms with Crippen molar-refractivity contribution < 1.29 is 22.3 Å². The van der Waals surface area contributed by atoms with E-state index in [0.717, 1.165) is 6.07 Å². The number of carbonyl (C=O) groups excluding carboxylic acids is 1. The molecule has 0 saturated carbocycles. The lowest BCUT2D eigenvalue weighted by Gasteiger charge is -2.11. The number of amides is 1. The molecule has 2 N–H and O–H groups in total. The number of ether oxygens (including phenoxy) is 1. The van der Waals surface area contributed by atoms with E-state index in [1.165, 1.54) is 43.5 Å². The number of rotatable bonds is 6. The van der Waals surface area contributed by atoms with Crippen LogP contribution in [0.4, 0.5) is 10.1 Å². The van der Waals surface area contributed by atoms with Gasteiger partial charge in [-0.1, -0.05) is 13.0 Å². The molecule has 0 radical (unpaired) electrons. The van der Waals surface area contributed by atoms with Gasteiger partial charge in [0.05, 0.1) is 17.7 Å². The molecule has 0 aromatic heterocycles. The van der Waals surface area contributed by atoms with Crippen LogP contribution in [0.5, 0.6) is 5.75 Å². The molecule has 0 unspecified atom stereocenters. The van der Waals surface area contributed by atoms with E-state index in [1.54, 1.807) is 6.92 Å². The summed E-state index contributed by atoms with van der Waals surface area (Å²) in [7, 11) is -2.31. The number of carbonyl (C=O) groups is 1. The third-order valence-corrected chi connectivity index (χ3v) is 4.70. The average Bonchev–Trinajstić information content (AvgIpc) is 2.56. The van der Waals surface area contributed by atoms with Crippen molar-refractivity contribution in [3.63, 3.8) is 0 Å². The number of nitrogens with one attached hydrogen (secondary N) is 2. The number of benzene rings is 2. The second kappa shape index (κ2) is 7.41. The van der Waals surface area contributed by atoms with Gasteiger partial charge in [0.15, 0.2) is 0 Å². The molecule has 2 rings (SSSR count). The summed E-state index contributed by atoms with van der Waals surface area (Å²) in [5.41, 5.74) is 0.434. The van der Waals surface area contributed by atoms with Crippen LogP contribution in [0.15, 0.2) is 47.4 Å². The van der Waals surface area contributed by atoms with Gasteiger partial charge in [0.2, 0.25) is 10.0 Å². The topological polar surface area (TPSA) is 84.5 Å². The first-order valence-corrected chi connectivity index (χ1v) is 8.60. The van der Waals surface area contributed by atoms with E-state index in [0.29, 0.717) is 0 Å². The highest BCUT2D eigenvalue weighted by Gasteiger charge is 2.16. The summed E-state index contributed by atoms with van der Waals surface area (Å²) in [6.07, 6.45) is 0. The standard InChI is InChI=1S/C16H17FN2O4S/c1-3-18-24(21,22)13-6-4-5-11(9-13)16(20)19-14-8-7-12(17)10-15(14)23-2/h4-10,18H,3H2,1-2H3,(H,19,20). The van der Waals surface area contributed by atoms with Crippen molar-refractivity contribution in [2.45, 2.75) is 11.8 Å². The molecule has 8 heteroatoms. The Morgan fingerprint density at radius 2 is 1.96 bits per heavy atom. The van der Waals surface area contributed by atoms with E-state index < -0.39 is 21.7 Å². The highest BCUT2D eigenvalue weighted by atomic mass is 32.2. The molecule has 128 valence electrons. The van der Waals surface area contributed by atoms with Crippen LogP contribution in [0.25, 0.3) is 0 Å². The van der Waals surface area contributed by atoms with Crippen LogP contribution >= 0.6 is 0 Å². The van der Waals surface area contributed by atoms with Gasteiger partial charge in [0.25, 0.3) is 5.91 Å². The average molecular weight is 352 g/mol. The van der Waals surface area contributed by atoms with Crippen molar-refractivity contribution in [1.29, 1.82) is 0 Å². The monoisotopic (exact) mass is 352 g/mol. The minimum absolute atomic E-state index is 0.0110. The lowest BCUT2D eigenvalue weighted by atomic mass is 10.2. The van der Waals surface area contributed by atoms with E-state index in [4.69, 9.17) is 4.74 Å². The van der Waals surface area contributed by atoms with Gasteiger partial charge in [-0.05, 0) is 30.3 Å². The number of sulfonamides is 1. The van der Waals surface area contributed by atoms with Crippen molar-refractivity contribution in [2.75, 3.05) is 19.0 Å². The van der Waals surface area contributed by atoms with Gasteiger partial charge in [-0.15, -0.1) is 0 Å². The summed E-state index contributed by atoms with van der Waals surface area (Å²) < 4.78 is 44.6. The van der Waals surface area contributed by atoms with Crippen LogP contribution < -0.4 is 14.8 Å². The van der Waals surface area contributed by atoms with Crippen LogP contribution in [-0.4, -0.2) is 28.0 Å². The first-order valence-electron chi connectivity index (χ1n) is 7.12. The Bertz CT molecular complexity index is 853. The Kier molecular flexibility index (Phi) is 5.53. The van der Waals surface area contributed by atoms with Crippen molar-refractivity contribution in [1.82, 2.24) is 4.72 Å². The Morgan fingerprint density at radius 1 is 1.21 bits per heavy atom. The molecule has 24 heavy (non-hydrogen) atoms. The summed E-state index contributed by atoms with van der Waals surface area (Å²) in [5.74, 6) is -0.864. The molecule has 0 spiro atoms. The van der Waals surface area contributed by atoms with E-state index >= 15 is 0 Å². The number of anilines is 1. The van der Waals surface area contributed by atoms with Crippen LogP contribution in [-0.2, 0) is 10.0 Å². The van der Waals surface area contributed by atoms with E-state index in [9.17, 15) is 17.6 Å². The lowest BCUT2D eigenvalue weighted by Crippen LogP contribution is -2.23. The predicted molar refractivity (Wildman–Crippen MR) is 88.2 cm³/mol. The molecule has 0 aliphatic rings. The minimum Gasteiger partial charge on any atom is -0.494 e. The number of halogens is 1. The first kappa shape index (κ1) is 17.9. The fourth-order valence-corrected chi connectivity index (χ4v) is 3.13. The Morgan fingerprint density at radius 3 is 2.62 bits per heavy atom. The van der Waals surface area contributed by atoms with Crippen LogP contribution in [0.3, 0.4) is 0 Å². The molecular formula is C16H17FN2O4S. The molecule has 0 bridgehead atoms. The maximum absolute atomic E-state index is 13.2. The smallest absolute Gasteiger partial charge is 0.255 e. The van der Waals surface area contributed by atoms with Crippen LogP contribution in [0.1, 0.15) is 17.3 Å². The van der Waals surface area contributed by atoms with Crippen molar-refractivity contribution >= 4 is 21.6 Å². The molecule has 1 amide bonds. The molecule has 0 aliphatic heterocycles. The van der Waals surface area contributed by atoms with E-state index in [1.807, 2.05) is 0 Å². The second-order valence-corrected chi connectivity index (χ2v) is 6.59. The molecule has 0 fully saturated rings. The SMILES string of the molecule is CCNS(=O)(=O)c1cccc(C(=O)Nc2ccc(F)cc2OC)c1. The quantitative estimate of drug-likeness (QED) is 0.836. The third kappa shape index (κ3) is 4.09. The molecular weight excluding hydrogens is 335 g/mol.